The highest BCUT2D eigenvalue weighted by molar-refractivity contribution is 6.31. The van der Waals surface area contributed by atoms with E-state index >= 15 is 0 Å². The molecule has 3 fully saturated rings. The van der Waals surface area contributed by atoms with Crippen molar-refractivity contribution in [3.8, 4) is 0 Å². The zero-order chi connectivity index (χ0) is 9.97. The molecule has 6 nitrogen and oxygen atoms in total. The molecule has 0 saturated carbocycles. The van der Waals surface area contributed by atoms with E-state index in [1.807, 2.05) is 0 Å². The molecule has 6 heteroatoms. The average molecular weight is 198 g/mol. The lowest BCUT2D eigenvalue weighted by Gasteiger charge is -2.63. The van der Waals surface area contributed by atoms with Gasteiger partial charge in [-0.1, -0.05) is 0 Å². The molecule has 2 spiro atoms. The molecule has 0 aromatic heterocycles. The molecular formula is C8H10N2O4. The maximum atomic E-state index is 11.0. The monoisotopic (exact) mass is 198 g/mol. The van der Waals surface area contributed by atoms with Crippen LogP contribution in [0.5, 0.6) is 0 Å². The van der Waals surface area contributed by atoms with E-state index in [9.17, 15) is 9.59 Å². The van der Waals surface area contributed by atoms with Crippen LogP contribution in [0.3, 0.4) is 0 Å². The number of ether oxygens (including phenoxy) is 2. The number of rotatable bonds is 0. The lowest BCUT2D eigenvalue weighted by Crippen LogP contribution is -2.83. The van der Waals surface area contributed by atoms with Gasteiger partial charge in [0.05, 0.1) is 0 Å². The third-order valence-corrected chi connectivity index (χ3v) is 3.27. The van der Waals surface area contributed by atoms with Crippen LogP contribution < -0.4 is 5.32 Å². The molecule has 0 aromatic carbocycles. The lowest BCUT2D eigenvalue weighted by atomic mass is 9.70. The molecule has 3 aliphatic rings. The van der Waals surface area contributed by atoms with Crippen molar-refractivity contribution in [3.05, 3.63) is 0 Å². The van der Waals surface area contributed by atoms with Gasteiger partial charge < -0.3 is 14.8 Å². The molecule has 0 atom stereocenters. The Kier molecular flexibility index (Phi) is 1.22. The van der Waals surface area contributed by atoms with Gasteiger partial charge in [0.2, 0.25) is 0 Å². The van der Waals surface area contributed by atoms with Crippen LogP contribution in [-0.4, -0.2) is 49.4 Å². The minimum Gasteiger partial charge on any atom is -0.399 e. The number of carbonyl (C=O) groups excluding carboxylic acids is 2. The Balaban J connectivity index is 1.95. The van der Waals surface area contributed by atoms with Gasteiger partial charge in [-0.3, -0.25) is 0 Å². The number of esters is 2. The molecule has 3 aliphatic heterocycles. The van der Waals surface area contributed by atoms with Crippen molar-refractivity contribution < 1.29 is 19.1 Å². The molecule has 0 bridgehead atoms. The lowest BCUT2D eigenvalue weighted by molar-refractivity contribution is -0.382. The number of hydrogen-bond donors (Lipinski definition) is 1. The van der Waals surface area contributed by atoms with Gasteiger partial charge in [0, 0.05) is 19.6 Å². The summed E-state index contributed by atoms with van der Waals surface area (Å²) < 4.78 is 10.1. The van der Waals surface area contributed by atoms with E-state index in [2.05, 4.69) is 5.32 Å². The highest BCUT2D eigenvalue weighted by Crippen LogP contribution is 2.52. The summed E-state index contributed by atoms with van der Waals surface area (Å²) in [5.74, 6) is -2.89. The number of likely N-dealkylation sites (tertiary alicyclic amines) is 1. The molecule has 3 heterocycles. The maximum Gasteiger partial charge on any atom is 0.421 e. The van der Waals surface area contributed by atoms with Gasteiger partial charge in [-0.25, -0.2) is 14.5 Å². The first kappa shape index (κ1) is 8.19. The summed E-state index contributed by atoms with van der Waals surface area (Å²) in [5, 5.41) is 3.10. The van der Waals surface area contributed by atoms with Crippen molar-refractivity contribution in [2.75, 3.05) is 26.7 Å². The Morgan fingerprint density at radius 3 is 2.21 bits per heavy atom. The van der Waals surface area contributed by atoms with Crippen molar-refractivity contribution in [3.63, 3.8) is 0 Å². The Hall–Kier alpha value is -1.14. The van der Waals surface area contributed by atoms with Gasteiger partial charge in [0.25, 0.3) is 0 Å². The summed E-state index contributed by atoms with van der Waals surface area (Å²) in [6, 6.07) is 0. The van der Waals surface area contributed by atoms with E-state index in [0.717, 1.165) is 19.6 Å². The third kappa shape index (κ3) is 0.632. The Bertz CT molecular complexity index is 320. The van der Waals surface area contributed by atoms with Crippen molar-refractivity contribution in [2.45, 2.75) is 5.91 Å². The van der Waals surface area contributed by atoms with E-state index in [4.69, 9.17) is 9.47 Å². The Labute approximate surface area is 80.1 Å². The third-order valence-electron chi connectivity index (χ3n) is 3.27. The quantitative estimate of drug-likeness (QED) is 0.369. The molecule has 3 rings (SSSR count). The molecule has 0 radical (unpaired) electrons. The average Bonchev–Trinajstić information content (AvgIpc) is 2.38. The molecular weight excluding hydrogens is 188 g/mol. The molecule has 0 aliphatic carbocycles. The Morgan fingerprint density at radius 1 is 1.29 bits per heavy atom. The van der Waals surface area contributed by atoms with Crippen LogP contribution in [0.4, 0.5) is 0 Å². The van der Waals surface area contributed by atoms with E-state index in [0.29, 0.717) is 0 Å². The first-order chi connectivity index (χ1) is 6.60. The smallest absolute Gasteiger partial charge is 0.399 e. The molecule has 0 aromatic rings. The zero-order valence-electron chi connectivity index (χ0n) is 7.70. The summed E-state index contributed by atoms with van der Waals surface area (Å²) >= 11 is 0. The minimum atomic E-state index is -1.12. The van der Waals surface area contributed by atoms with E-state index in [1.54, 1.807) is 11.9 Å². The first-order valence-electron chi connectivity index (χ1n) is 4.48. The van der Waals surface area contributed by atoms with Crippen LogP contribution in [0.25, 0.3) is 0 Å². The second-order valence-corrected chi connectivity index (χ2v) is 4.10. The van der Waals surface area contributed by atoms with Crippen LogP contribution in [0.1, 0.15) is 0 Å². The van der Waals surface area contributed by atoms with Crippen molar-refractivity contribution in [1.82, 2.24) is 10.2 Å². The van der Waals surface area contributed by atoms with Gasteiger partial charge in [-0.2, -0.15) is 0 Å². The van der Waals surface area contributed by atoms with E-state index < -0.39 is 17.8 Å². The summed E-state index contributed by atoms with van der Waals surface area (Å²) in [6.45, 7) is 2.22. The SMILES string of the molecule is CN1CC2(CNC2)C12OC(=O)C(=O)O2. The second-order valence-electron chi connectivity index (χ2n) is 4.10. The molecule has 1 N–H and O–H groups in total. The highest BCUT2D eigenvalue weighted by Gasteiger charge is 2.75. The zero-order valence-corrected chi connectivity index (χ0v) is 7.70. The molecule has 0 unspecified atom stereocenters. The normalized spacial score (nSPS) is 32.4. The Morgan fingerprint density at radius 2 is 1.86 bits per heavy atom. The second kappa shape index (κ2) is 2.09. The van der Waals surface area contributed by atoms with Gasteiger partial charge in [0.15, 0.2) is 0 Å². The van der Waals surface area contributed by atoms with Gasteiger partial charge in [-0.05, 0) is 7.05 Å². The number of hydrogen-bond acceptors (Lipinski definition) is 6. The van der Waals surface area contributed by atoms with Gasteiger partial charge >= 0.3 is 17.8 Å². The number of fused-ring (bicyclic) bond motifs is 1. The fourth-order valence-electron chi connectivity index (χ4n) is 2.46. The van der Waals surface area contributed by atoms with Crippen LogP contribution in [0.15, 0.2) is 0 Å². The largest absolute Gasteiger partial charge is 0.421 e. The maximum absolute atomic E-state index is 11.0. The molecule has 76 valence electrons. The van der Waals surface area contributed by atoms with Crippen molar-refractivity contribution in [2.24, 2.45) is 5.41 Å². The van der Waals surface area contributed by atoms with Crippen LogP contribution in [-0.2, 0) is 19.1 Å². The number of nitrogens with zero attached hydrogens (tertiary/aromatic N) is 1. The summed E-state index contributed by atoms with van der Waals surface area (Å²) in [5.41, 5.74) is -0.219. The van der Waals surface area contributed by atoms with Crippen molar-refractivity contribution >= 4 is 11.9 Å². The number of nitrogens with one attached hydrogen (secondary N) is 1. The molecule has 14 heavy (non-hydrogen) atoms. The first-order valence-corrected chi connectivity index (χ1v) is 4.48. The van der Waals surface area contributed by atoms with Crippen LogP contribution >= 0.6 is 0 Å². The van der Waals surface area contributed by atoms with Crippen LogP contribution in [0.2, 0.25) is 0 Å². The van der Waals surface area contributed by atoms with E-state index in [-0.39, 0.29) is 5.41 Å². The minimum absolute atomic E-state index is 0.219. The molecule has 3 saturated heterocycles. The highest BCUT2D eigenvalue weighted by atomic mass is 16.8. The summed E-state index contributed by atoms with van der Waals surface area (Å²) in [7, 11) is 1.77. The molecule has 0 amide bonds. The predicted molar refractivity (Wildman–Crippen MR) is 42.8 cm³/mol. The topological polar surface area (TPSA) is 67.9 Å². The van der Waals surface area contributed by atoms with Crippen molar-refractivity contribution in [1.29, 1.82) is 0 Å². The van der Waals surface area contributed by atoms with E-state index in [1.165, 1.54) is 0 Å². The number of carbonyl (C=O) groups is 2. The summed E-state index contributed by atoms with van der Waals surface area (Å²) in [4.78, 5) is 23.8. The van der Waals surface area contributed by atoms with Gasteiger partial charge in [0.1, 0.15) is 5.41 Å². The summed E-state index contributed by atoms with van der Waals surface area (Å²) in [6.07, 6.45) is 0. The fraction of sp³-hybridized carbons (Fsp3) is 0.750. The standard InChI is InChI=1S/C8H10N2O4/c1-10-4-7(2-9-3-7)8(10)13-5(11)6(12)14-8/h9H,2-4H2,1H3. The fourth-order valence-corrected chi connectivity index (χ4v) is 2.46. The van der Waals surface area contributed by atoms with Crippen LogP contribution in [0, 0.1) is 5.41 Å². The van der Waals surface area contributed by atoms with Gasteiger partial charge in [-0.15, -0.1) is 0 Å². The predicted octanol–water partition coefficient (Wildman–Crippen LogP) is -1.72.